The molecule has 0 radical (unpaired) electrons. The van der Waals surface area contributed by atoms with Crippen molar-refractivity contribution >= 4 is 16.8 Å². The number of nitrogens with zero attached hydrogens (tertiary/aromatic N) is 5. The summed E-state index contributed by atoms with van der Waals surface area (Å²) in [5.74, 6) is -3.79. The largest absolute Gasteiger partial charge is 0.369 e. The first-order valence-corrected chi connectivity index (χ1v) is 7.09. The van der Waals surface area contributed by atoms with Gasteiger partial charge in [0.25, 0.3) is 5.92 Å². The summed E-state index contributed by atoms with van der Waals surface area (Å²) in [4.78, 5) is 23.0. The first-order chi connectivity index (χ1) is 11.3. The lowest BCUT2D eigenvalue weighted by Crippen LogP contribution is -2.17. The van der Waals surface area contributed by atoms with Crippen LogP contribution in [0.2, 0.25) is 0 Å². The molecule has 1 amide bonds. The minimum atomic E-state index is -3.18. The fourth-order valence-corrected chi connectivity index (χ4v) is 2.43. The number of primary amides is 1. The van der Waals surface area contributed by atoms with Crippen LogP contribution < -0.4 is 5.73 Å². The molecule has 3 aromatic heterocycles. The van der Waals surface area contributed by atoms with Crippen LogP contribution in [0.3, 0.4) is 0 Å². The molecule has 3 rings (SSSR count). The Labute approximate surface area is 135 Å². The van der Waals surface area contributed by atoms with Gasteiger partial charge < -0.3 is 5.73 Å². The highest BCUT2D eigenvalue weighted by atomic mass is 19.3. The molecule has 0 aliphatic rings. The van der Waals surface area contributed by atoms with Gasteiger partial charge in [0.2, 0.25) is 5.91 Å². The highest BCUT2D eigenvalue weighted by molar-refractivity contribution is 5.84. The summed E-state index contributed by atoms with van der Waals surface area (Å²) in [7, 11) is 0. The fraction of sp³-hybridized carbons (Fsp3) is 0.267. The Morgan fingerprint density at radius 1 is 1.29 bits per heavy atom. The fourth-order valence-electron chi connectivity index (χ4n) is 2.43. The molecule has 2 N–H and O–H groups in total. The number of carbonyl (C=O) groups is 1. The standard InChI is InChI=1S/C15H14F2N6O/c1-8-10-7-21-9(6-12(18)24)5-11(10)23(22-8)14-13(15(2,16)17)19-3-4-20-14/h3-5,7H,6H2,1-2H3,(H2,18,24). The van der Waals surface area contributed by atoms with Gasteiger partial charge in [-0.2, -0.15) is 13.9 Å². The number of aryl methyl sites for hydroxylation is 1. The molecule has 24 heavy (non-hydrogen) atoms. The number of aromatic nitrogens is 5. The van der Waals surface area contributed by atoms with E-state index in [0.717, 1.165) is 6.92 Å². The minimum Gasteiger partial charge on any atom is -0.369 e. The predicted octanol–water partition coefficient (Wildman–Crippen LogP) is 1.66. The van der Waals surface area contributed by atoms with Gasteiger partial charge in [0.1, 0.15) is 0 Å². The number of rotatable bonds is 4. The van der Waals surface area contributed by atoms with Crippen LogP contribution in [0.15, 0.2) is 24.7 Å². The maximum atomic E-state index is 13.8. The summed E-state index contributed by atoms with van der Waals surface area (Å²) >= 11 is 0. The average Bonchev–Trinajstić information content (AvgIpc) is 2.82. The minimum absolute atomic E-state index is 0.0581. The van der Waals surface area contributed by atoms with Gasteiger partial charge in [-0.25, -0.2) is 14.6 Å². The number of hydrogen-bond donors (Lipinski definition) is 1. The van der Waals surface area contributed by atoms with Crippen molar-refractivity contribution in [2.24, 2.45) is 5.73 Å². The number of fused-ring (bicyclic) bond motifs is 1. The lowest BCUT2D eigenvalue weighted by Gasteiger charge is -2.13. The highest BCUT2D eigenvalue weighted by Gasteiger charge is 2.32. The SMILES string of the molecule is Cc1nn(-c2nccnc2C(C)(F)F)c2cc(CC(N)=O)ncc12. The number of amides is 1. The zero-order valence-electron chi connectivity index (χ0n) is 13.0. The molecule has 0 atom stereocenters. The molecule has 0 bridgehead atoms. The molecule has 9 heteroatoms. The number of pyridine rings is 1. The molecule has 0 saturated carbocycles. The third-order valence-corrected chi connectivity index (χ3v) is 3.46. The Hall–Kier alpha value is -2.97. The van der Waals surface area contributed by atoms with Gasteiger partial charge in [-0.05, 0) is 13.0 Å². The van der Waals surface area contributed by atoms with E-state index in [4.69, 9.17) is 5.73 Å². The van der Waals surface area contributed by atoms with Crippen LogP contribution in [0.4, 0.5) is 8.78 Å². The Kier molecular flexibility index (Phi) is 3.70. The van der Waals surface area contributed by atoms with Crippen LogP contribution in [0, 0.1) is 6.92 Å². The number of alkyl halides is 2. The summed E-state index contributed by atoms with van der Waals surface area (Å²) in [6.07, 6.45) is 4.00. The van der Waals surface area contributed by atoms with E-state index in [2.05, 4.69) is 20.1 Å². The third-order valence-electron chi connectivity index (χ3n) is 3.46. The van der Waals surface area contributed by atoms with Gasteiger partial charge in [-0.15, -0.1) is 0 Å². The Balaban J connectivity index is 2.26. The number of carbonyl (C=O) groups excluding carboxylic acids is 1. The molecule has 0 unspecified atom stereocenters. The van der Waals surface area contributed by atoms with Gasteiger partial charge in [0.15, 0.2) is 11.5 Å². The van der Waals surface area contributed by atoms with E-state index in [9.17, 15) is 13.6 Å². The first-order valence-electron chi connectivity index (χ1n) is 7.09. The van der Waals surface area contributed by atoms with Crippen LogP contribution in [0.1, 0.15) is 24.0 Å². The third kappa shape index (κ3) is 2.80. The van der Waals surface area contributed by atoms with Crippen LogP contribution in [0.5, 0.6) is 0 Å². The van der Waals surface area contributed by atoms with E-state index >= 15 is 0 Å². The van der Waals surface area contributed by atoms with Crippen LogP contribution in [0.25, 0.3) is 16.7 Å². The van der Waals surface area contributed by atoms with E-state index in [1.165, 1.54) is 23.3 Å². The quantitative estimate of drug-likeness (QED) is 0.783. The van der Waals surface area contributed by atoms with Crippen molar-refractivity contribution in [2.75, 3.05) is 0 Å². The molecule has 0 aromatic carbocycles. The summed E-state index contributed by atoms with van der Waals surface area (Å²) in [5, 5.41) is 4.95. The van der Waals surface area contributed by atoms with E-state index < -0.39 is 17.5 Å². The Morgan fingerprint density at radius 3 is 2.67 bits per heavy atom. The molecular formula is C15H14F2N6O. The van der Waals surface area contributed by atoms with Crippen LogP contribution in [-0.4, -0.2) is 30.6 Å². The number of halogens is 2. The Morgan fingerprint density at radius 2 is 2.00 bits per heavy atom. The van der Waals surface area contributed by atoms with Gasteiger partial charge in [-0.3, -0.25) is 9.78 Å². The van der Waals surface area contributed by atoms with Crippen LogP contribution in [-0.2, 0) is 17.1 Å². The molecule has 3 heterocycles. The second kappa shape index (κ2) is 5.59. The van der Waals surface area contributed by atoms with E-state index in [1.54, 1.807) is 13.0 Å². The van der Waals surface area contributed by atoms with Gasteiger partial charge >= 0.3 is 0 Å². The molecule has 124 valence electrons. The van der Waals surface area contributed by atoms with Crippen molar-refractivity contribution in [3.05, 3.63) is 41.7 Å². The van der Waals surface area contributed by atoms with E-state index in [0.29, 0.717) is 22.3 Å². The molecule has 3 aromatic rings. The summed E-state index contributed by atoms with van der Waals surface area (Å²) in [6, 6.07) is 1.59. The van der Waals surface area contributed by atoms with Crippen molar-refractivity contribution in [1.29, 1.82) is 0 Å². The van der Waals surface area contributed by atoms with Gasteiger partial charge in [-0.1, -0.05) is 0 Å². The lowest BCUT2D eigenvalue weighted by molar-refractivity contribution is -0.117. The second-order valence-corrected chi connectivity index (χ2v) is 5.45. The summed E-state index contributed by atoms with van der Waals surface area (Å²) < 4.78 is 29.0. The van der Waals surface area contributed by atoms with E-state index in [-0.39, 0.29) is 12.2 Å². The molecular weight excluding hydrogens is 318 g/mol. The number of hydrogen-bond acceptors (Lipinski definition) is 5. The molecule has 0 aliphatic carbocycles. The van der Waals surface area contributed by atoms with Crippen molar-refractivity contribution in [1.82, 2.24) is 24.7 Å². The molecule has 0 saturated heterocycles. The highest BCUT2D eigenvalue weighted by Crippen LogP contribution is 2.30. The Bertz CT molecular complexity index is 931. The van der Waals surface area contributed by atoms with Gasteiger partial charge in [0.05, 0.1) is 23.3 Å². The maximum Gasteiger partial charge on any atom is 0.290 e. The average molecular weight is 332 g/mol. The lowest BCUT2D eigenvalue weighted by atomic mass is 10.2. The van der Waals surface area contributed by atoms with Crippen molar-refractivity contribution < 1.29 is 13.6 Å². The molecule has 7 nitrogen and oxygen atoms in total. The van der Waals surface area contributed by atoms with Crippen molar-refractivity contribution in [2.45, 2.75) is 26.2 Å². The predicted molar refractivity (Wildman–Crippen MR) is 81.7 cm³/mol. The van der Waals surface area contributed by atoms with Crippen molar-refractivity contribution in [3.8, 4) is 5.82 Å². The molecule has 0 fully saturated rings. The molecule has 0 spiro atoms. The van der Waals surface area contributed by atoms with Crippen LogP contribution >= 0.6 is 0 Å². The summed E-state index contributed by atoms with van der Waals surface area (Å²) in [5.41, 5.74) is 6.22. The zero-order chi connectivity index (χ0) is 17.5. The topological polar surface area (TPSA) is 99.6 Å². The van der Waals surface area contributed by atoms with Crippen molar-refractivity contribution in [3.63, 3.8) is 0 Å². The van der Waals surface area contributed by atoms with Gasteiger partial charge in [0, 0.05) is 30.9 Å². The second-order valence-electron chi connectivity index (χ2n) is 5.45. The first kappa shape index (κ1) is 15.9. The molecule has 0 aliphatic heterocycles. The normalized spacial score (nSPS) is 11.8. The monoisotopic (exact) mass is 332 g/mol. The number of nitrogens with two attached hydrogens (primary N) is 1. The maximum absolute atomic E-state index is 13.8. The smallest absolute Gasteiger partial charge is 0.290 e. The summed E-state index contributed by atoms with van der Waals surface area (Å²) in [6.45, 7) is 2.48. The zero-order valence-corrected chi connectivity index (χ0v) is 13.0. The van der Waals surface area contributed by atoms with E-state index in [1.807, 2.05) is 0 Å².